The highest BCUT2D eigenvalue weighted by atomic mass is 79.9. The first-order valence-electron chi connectivity index (χ1n) is 6.06. The number of aromatic carboxylic acids is 1. The number of aryl methyl sites for hydroxylation is 1. The highest BCUT2D eigenvalue weighted by Gasteiger charge is 2.17. The summed E-state index contributed by atoms with van der Waals surface area (Å²) in [4.78, 5) is 10.9. The molecule has 0 fully saturated rings. The summed E-state index contributed by atoms with van der Waals surface area (Å²) in [5.74, 6) is -1.81. The first-order chi connectivity index (χ1) is 10.2. The second-order valence-corrected chi connectivity index (χ2v) is 7.09. The zero-order chi connectivity index (χ0) is 16.5. The molecule has 6 nitrogen and oxygen atoms in total. The molecule has 2 rings (SSSR count). The lowest BCUT2D eigenvalue weighted by atomic mass is 10.2. The smallest absolute Gasteiger partial charge is 0.339 e. The van der Waals surface area contributed by atoms with Crippen molar-refractivity contribution in [1.29, 1.82) is 0 Å². The number of hydrogen-bond donors (Lipinski definition) is 3. The molecule has 0 heterocycles. The van der Waals surface area contributed by atoms with Crippen LogP contribution in [0.15, 0.2) is 45.8 Å². The zero-order valence-corrected chi connectivity index (χ0v) is 13.8. The molecule has 0 bridgehead atoms. The summed E-state index contributed by atoms with van der Waals surface area (Å²) in [7, 11) is -3.83. The second kappa shape index (κ2) is 5.98. The number of hydrogen-bond acceptors (Lipinski definition) is 4. The number of rotatable bonds is 4. The predicted molar refractivity (Wildman–Crippen MR) is 84.8 cm³/mol. The van der Waals surface area contributed by atoms with Crippen LogP contribution in [0.2, 0.25) is 0 Å². The van der Waals surface area contributed by atoms with Gasteiger partial charge in [0.1, 0.15) is 11.3 Å². The van der Waals surface area contributed by atoms with Crippen molar-refractivity contribution in [2.45, 2.75) is 11.8 Å². The van der Waals surface area contributed by atoms with E-state index in [0.717, 1.165) is 22.2 Å². The van der Waals surface area contributed by atoms with Crippen LogP contribution in [-0.4, -0.2) is 24.6 Å². The van der Waals surface area contributed by atoms with Gasteiger partial charge in [0, 0.05) is 10.5 Å². The SMILES string of the molecule is Cc1cc(S(=O)(=O)Nc2ccc(C(=O)O)c(O)c2)ccc1Br. The van der Waals surface area contributed by atoms with E-state index < -0.39 is 21.7 Å². The fourth-order valence-corrected chi connectivity index (χ4v) is 3.16. The molecular weight excluding hydrogens is 374 g/mol. The molecule has 0 aliphatic rings. The number of anilines is 1. The van der Waals surface area contributed by atoms with Crippen LogP contribution in [0, 0.1) is 6.92 Å². The van der Waals surface area contributed by atoms with Gasteiger partial charge in [-0.15, -0.1) is 0 Å². The van der Waals surface area contributed by atoms with Crippen LogP contribution in [0.25, 0.3) is 0 Å². The minimum Gasteiger partial charge on any atom is -0.507 e. The highest BCUT2D eigenvalue weighted by molar-refractivity contribution is 9.10. The number of phenols is 1. The van der Waals surface area contributed by atoms with Crippen LogP contribution in [0.1, 0.15) is 15.9 Å². The summed E-state index contributed by atoms with van der Waals surface area (Å²) in [6.45, 7) is 1.76. The maximum Gasteiger partial charge on any atom is 0.339 e. The number of halogens is 1. The minimum atomic E-state index is -3.83. The Kier molecular flexibility index (Phi) is 4.43. The Morgan fingerprint density at radius 2 is 1.86 bits per heavy atom. The summed E-state index contributed by atoms with van der Waals surface area (Å²) in [5.41, 5.74) is 0.525. The molecule has 8 heteroatoms. The minimum absolute atomic E-state index is 0.0648. The van der Waals surface area contributed by atoms with Gasteiger partial charge in [-0.3, -0.25) is 4.72 Å². The zero-order valence-electron chi connectivity index (χ0n) is 11.4. The number of sulfonamides is 1. The number of carboxylic acid groups (broad SMARTS) is 1. The fraction of sp³-hybridized carbons (Fsp3) is 0.0714. The van der Waals surface area contributed by atoms with Gasteiger partial charge in [0.05, 0.1) is 10.6 Å². The summed E-state index contributed by atoms with van der Waals surface area (Å²) in [6, 6.07) is 8.00. The average molecular weight is 386 g/mol. The number of carboxylic acids is 1. The Morgan fingerprint density at radius 1 is 1.18 bits per heavy atom. The van der Waals surface area contributed by atoms with Crippen LogP contribution >= 0.6 is 15.9 Å². The van der Waals surface area contributed by atoms with Crippen molar-refractivity contribution in [1.82, 2.24) is 0 Å². The molecule has 0 saturated carbocycles. The Balaban J connectivity index is 2.34. The van der Waals surface area contributed by atoms with E-state index in [0.29, 0.717) is 0 Å². The van der Waals surface area contributed by atoms with Crippen molar-refractivity contribution in [2.75, 3.05) is 4.72 Å². The third-order valence-electron chi connectivity index (χ3n) is 2.92. The van der Waals surface area contributed by atoms with E-state index in [4.69, 9.17) is 5.11 Å². The van der Waals surface area contributed by atoms with Crippen molar-refractivity contribution in [3.8, 4) is 5.75 Å². The number of benzene rings is 2. The maximum atomic E-state index is 12.3. The van der Waals surface area contributed by atoms with Crippen LogP contribution < -0.4 is 4.72 Å². The van der Waals surface area contributed by atoms with Gasteiger partial charge in [0.25, 0.3) is 10.0 Å². The molecule has 116 valence electrons. The molecular formula is C14H12BrNO5S. The van der Waals surface area contributed by atoms with Crippen LogP contribution in [0.3, 0.4) is 0 Å². The Bertz CT molecular complexity index is 848. The summed E-state index contributed by atoms with van der Waals surface area (Å²) < 4.78 is 27.6. The molecule has 0 saturated heterocycles. The number of nitrogens with one attached hydrogen (secondary N) is 1. The first-order valence-corrected chi connectivity index (χ1v) is 8.33. The maximum absolute atomic E-state index is 12.3. The predicted octanol–water partition coefficient (Wildman–Crippen LogP) is 2.96. The van der Waals surface area contributed by atoms with Crippen molar-refractivity contribution < 1.29 is 23.4 Å². The molecule has 22 heavy (non-hydrogen) atoms. The van der Waals surface area contributed by atoms with Gasteiger partial charge in [-0.2, -0.15) is 0 Å². The van der Waals surface area contributed by atoms with E-state index in [-0.39, 0.29) is 16.1 Å². The topological polar surface area (TPSA) is 104 Å². The lowest BCUT2D eigenvalue weighted by Gasteiger charge is -2.10. The van der Waals surface area contributed by atoms with E-state index in [1.165, 1.54) is 18.2 Å². The Labute approximate surface area is 135 Å². The van der Waals surface area contributed by atoms with E-state index >= 15 is 0 Å². The fourth-order valence-electron chi connectivity index (χ4n) is 1.77. The van der Waals surface area contributed by atoms with Crippen LogP contribution in [0.5, 0.6) is 5.75 Å². The molecule has 0 atom stereocenters. The van der Waals surface area contributed by atoms with Gasteiger partial charge in [-0.05, 0) is 42.8 Å². The molecule has 0 amide bonds. The molecule has 3 N–H and O–H groups in total. The molecule has 0 radical (unpaired) electrons. The summed E-state index contributed by atoms with van der Waals surface area (Å²) >= 11 is 3.29. The summed E-state index contributed by atoms with van der Waals surface area (Å²) in [5, 5.41) is 18.4. The Morgan fingerprint density at radius 3 is 2.41 bits per heavy atom. The molecule has 0 unspecified atom stereocenters. The third-order valence-corrected chi connectivity index (χ3v) is 5.19. The van der Waals surface area contributed by atoms with Crippen LogP contribution in [-0.2, 0) is 10.0 Å². The van der Waals surface area contributed by atoms with Gasteiger partial charge in [-0.25, -0.2) is 13.2 Å². The van der Waals surface area contributed by atoms with Crippen molar-refractivity contribution in [2.24, 2.45) is 0 Å². The monoisotopic (exact) mass is 385 g/mol. The van der Waals surface area contributed by atoms with Gasteiger partial charge in [-0.1, -0.05) is 15.9 Å². The number of carbonyl (C=O) groups is 1. The van der Waals surface area contributed by atoms with Crippen molar-refractivity contribution in [3.05, 3.63) is 52.0 Å². The molecule has 2 aromatic carbocycles. The van der Waals surface area contributed by atoms with Gasteiger partial charge in [0.2, 0.25) is 0 Å². The van der Waals surface area contributed by atoms with Gasteiger partial charge in [0.15, 0.2) is 0 Å². The lowest BCUT2D eigenvalue weighted by molar-refractivity contribution is 0.0694. The molecule has 0 spiro atoms. The van der Waals surface area contributed by atoms with E-state index in [2.05, 4.69) is 20.7 Å². The van der Waals surface area contributed by atoms with E-state index in [9.17, 15) is 18.3 Å². The quantitative estimate of drug-likeness (QED) is 0.750. The van der Waals surface area contributed by atoms with Gasteiger partial charge < -0.3 is 10.2 Å². The molecule has 0 aliphatic heterocycles. The van der Waals surface area contributed by atoms with E-state index in [1.807, 2.05) is 0 Å². The molecule has 2 aromatic rings. The molecule has 0 aliphatic carbocycles. The Hall–Kier alpha value is -2.06. The van der Waals surface area contributed by atoms with Crippen molar-refractivity contribution >= 4 is 37.6 Å². The largest absolute Gasteiger partial charge is 0.507 e. The standard InChI is InChI=1S/C14H12BrNO5S/c1-8-6-10(3-5-12(8)15)22(20,21)16-9-2-4-11(14(18)19)13(17)7-9/h2-7,16-17H,1H3,(H,18,19). The summed E-state index contributed by atoms with van der Waals surface area (Å²) in [6.07, 6.45) is 0. The van der Waals surface area contributed by atoms with Crippen LogP contribution in [0.4, 0.5) is 5.69 Å². The lowest BCUT2D eigenvalue weighted by Crippen LogP contribution is -2.13. The molecule has 0 aromatic heterocycles. The average Bonchev–Trinajstić information content (AvgIpc) is 2.40. The van der Waals surface area contributed by atoms with E-state index in [1.54, 1.807) is 13.0 Å². The first kappa shape index (κ1) is 16.3. The highest BCUT2D eigenvalue weighted by Crippen LogP contribution is 2.25. The van der Waals surface area contributed by atoms with Gasteiger partial charge >= 0.3 is 5.97 Å². The second-order valence-electron chi connectivity index (χ2n) is 4.55. The number of aromatic hydroxyl groups is 1. The normalized spacial score (nSPS) is 11.2. The van der Waals surface area contributed by atoms with Crippen molar-refractivity contribution in [3.63, 3.8) is 0 Å². The third kappa shape index (κ3) is 3.40.